The molecule has 1 saturated heterocycles. The summed E-state index contributed by atoms with van der Waals surface area (Å²) in [6, 6.07) is 15.7. The quantitative estimate of drug-likeness (QED) is 0.603. The van der Waals surface area contributed by atoms with Gasteiger partial charge < -0.3 is 20.1 Å². The maximum Gasteiger partial charge on any atom is 0.232 e. The van der Waals surface area contributed by atoms with Crippen molar-refractivity contribution in [2.24, 2.45) is 0 Å². The molecule has 1 fully saturated rings. The highest BCUT2D eigenvalue weighted by atomic mass is 16.5. The van der Waals surface area contributed by atoms with Crippen LogP contribution >= 0.6 is 0 Å². The maximum absolute atomic E-state index is 9.11. The van der Waals surface area contributed by atoms with E-state index in [4.69, 9.17) is 9.84 Å². The average Bonchev–Trinajstić information content (AvgIpc) is 2.77. The molecular formula is C23H28N6O2. The first-order chi connectivity index (χ1) is 15.1. The first-order valence-electron chi connectivity index (χ1n) is 10.5. The smallest absolute Gasteiger partial charge is 0.232 e. The molecular weight excluding hydrogens is 392 g/mol. The number of β-amino-alcohol motifs (C(OH)–C–C–N with tert-alkyl or cyclic N) is 1. The second kappa shape index (κ2) is 9.72. The lowest BCUT2D eigenvalue weighted by atomic mass is 10.2. The summed E-state index contributed by atoms with van der Waals surface area (Å²) in [5, 5.41) is 12.4. The molecule has 2 N–H and O–H groups in total. The van der Waals surface area contributed by atoms with E-state index in [1.54, 1.807) is 0 Å². The van der Waals surface area contributed by atoms with Gasteiger partial charge in [0.25, 0.3) is 0 Å². The van der Waals surface area contributed by atoms with Gasteiger partial charge in [0, 0.05) is 38.4 Å². The number of hydrogen-bond acceptors (Lipinski definition) is 8. The number of hydrogen-bond donors (Lipinski definition) is 2. The van der Waals surface area contributed by atoms with Gasteiger partial charge in [0.2, 0.25) is 11.9 Å². The van der Waals surface area contributed by atoms with Gasteiger partial charge in [-0.2, -0.15) is 15.0 Å². The van der Waals surface area contributed by atoms with Crippen molar-refractivity contribution in [3.05, 3.63) is 59.9 Å². The summed E-state index contributed by atoms with van der Waals surface area (Å²) < 4.78 is 5.89. The Bertz CT molecular complexity index is 986. The molecule has 31 heavy (non-hydrogen) atoms. The van der Waals surface area contributed by atoms with E-state index >= 15 is 0 Å². The summed E-state index contributed by atoms with van der Waals surface area (Å²) in [6.07, 6.45) is 0. The number of benzene rings is 2. The molecule has 1 aliphatic rings. The Hall–Kier alpha value is -3.23. The van der Waals surface area contributed by atoms with E-state index < -0.39 is 0 Å². The van der Waals surface area contributed by atoms with Crippen LogP contribution < -0.4 is 15.0 Å². The van der Waals surface area contributed by atoms with Crippen LogP contribution in [0.5, 0.6) is 11.5 Å². The van der Waals surface area contributed by atoms with Gasteiger partial charge in [-0.15, -0.1) is 0 Å². The number of nitrogens with one attached hydrogen (secondary N) is 1. The molecule has 0 unspecified atom stereocenters. The Morgan fingerprint density at radius 1 is 0.871 bits per heavy atom. The first kappa shape index (κ1) is 21.0. The normalized spacial score (nSPS) is 14.5. The Morgan fingerprint density at radius 2 is 1.52 bits per heavy atom. The van der Waals surface area contributed by atoms with E-state index in [2.05, 4.69) is 37.0 Å². The largest absolute Gasteiger partial charge is 0.457 e. The van der Waals surface area contributed by atoms with Gasteiger partial charge in [-0.3, -0.25) is 4.90 Å². The highest BCUT2D eigenvalue weighted by molar-refractivity contribution is 5.56. The molecule has 0 saturated carbocycles. The van der Waals surface area contributed by atoms with Crippen LogP contribution in [0.15, 0.2) is 48.5 Å². The van der Waals surface area contributed by atoms with Crippen LogP contribution in [0, 0.1) is 13.8 Å². The van der Waals surface area contributed by atoms with E-state index in [9.17, 15) is 0 Å². The van der Waals surface area contributed by atoms with Crippen molar-refractivity contribution in [3.8, 4) is 11.5 Å². The molecule has 0 bridgehead atoms. The molecule has 0 amide bonds. The molecule has 1 aromatic heterocycles. The molecule has 162 valence electrons. The van der Waals surface area contributed by atoms with Crippen molar-refractivity contribution in [2.45, 2.75) is 13.8 Å². The van der Waals surface area contributed by atoms with Gasteiger partial charge in [-0.05, 0) is 50.2 Å². The summed E-state index contributed by atoms with van der Waals surface area (Å²) in [7, 11) is 0. The van der Waals surface area contributed by atoms with E-state index in [-0.39, 0.29) is 6.61 Å². The summed E-state index contributed by atoms with van der Waals surface area (Å²) in [5.41, 5.74) is 2.08. The van der Waals surface area contributed by atoms with Crippen LogP contribution in [0.4, 0.5) is 17.6 Å². The van der Waals surface area contributed by atoms with E-state index in [0.717, 1.165) is 43.4 Å². The molecule has 0 radical (unpaired) electrons. The molecule has 1 aliphatic heterocycles. The Morgan fingerprint density at radius 3 is 2.16 bits per heavy atom. The van der Waals surface area contributed by atoms with Crippen LogP contribution in [-0.2, 0) is 0 Å². The lowest BCUT2D eigenvalue weighted by molar-refractivity contribution is 0.188. The van der Waals surface area contributed by atoms with Gasteiger partial charge in [0.05, 0.1) is 6.61 Å². The van der Waals surface area contributed by atoms with Crippen molar-refractivity contribution >= 4 is 17.6 Å². The van der Waals surface area contributed by atoms with Crippen LogP contribution in [-0.4, -0.2) is 64.3 Å². The molecule has 8 heteroatoms. The predicted molar refractivity (Wildman–Crippen MR) is 121 cm³/mol. The second-order valence-corrected chi connectivity index (χ2v) is 7.62. The SMILES string of the molecule is Cc1ccc(Oc2ccc(Nc3nc(C)nc(N4CCN(CCO)CC4)n3)cc2)cc1. The fourth-order valence-corrected chi connectivity index (χ4v) is 3.46. The topological polar surface area (TPSA) is 86.6 Å². The number of aryl methyl sites for hydroxylation is 2. The monoisotopic (exact) mass is 420 g/mol. The van der Waals surface area contributed by atoms with Gasteiger partial charge in [0.1, 0.15) is 17.3 Å². The summed E-state index contributed by atoms with van der Waals surface area (Å²) in [4.78, 5) is 18.0. The summed E-state index contributed by atoms with van der Waals surface area (Å²) in [6.45, 7) is 8.25. The number of anilines is 3. The third-order valence-corrected chi connectivity index (χ3v) is 5.17. The molecule has 3 aromatic rings. The van der Waals surface area contributed by atoms with Crippen molar-refractivity contribution < 1.29 is 9.84 Å². The first-order valence-corrected chi connectivity index (χ1v) is 10.5. The number of piperazine rings is 1. The zero-order valence-electron chi connectivity index (χ0n) is 18.0. The van der Waals surface area contributed by atoms with Crippen LogP contribution in [0.3, 0.4) is 0 Å². The fraction of sp³-hybridized carbons (Fsp3) is 0.348. The molecule has 8 nitrogen and oxygen atoms in total. The zero-order chi connectivity index (χ0) is 21.6. The van der Waals surface area contributed by atoms with Gasteiger partial charge in [0.15, 0.2) is 0 Å². The molecule has 0 atom stereocenters. The van der Waals surface area contributed by atoms with E-state index in [0.29, 0.717) is 24.3 Å². The van der Waals surface area contributed by atoms with E-state index in [1.807, 2.05) is 55.5 Å². The van der Waals surface area contributed by atoms with Gasteiger partial charge in [-0.1, -0.05) is 17.7 Å². The van der Waals surface area contributed by atoms with Crippen molar-refractivity contribution in [3.63, 3.8) is 0 Å². The fourth-order valence-electron chi connectivity index (χ4n) is 3.46. The molecule has 2 aromatic carbocycles. The number of aliphatic hydroxyl groups excluding tert-OH is 1. The van der Waals surface area contributed by atoms with Crippen LogP contribution in [0.25, 0.3) is 0 Å². The van der Waals surface area contributed by atoms with E-state index in [1.165, 1.54) is 5.56 Å². The van der Waals surface area contributed by atoms with Crippen LogP contribution in [0.1, 0.15) is 11.4 Å². The van der Waals surface area contributed by atoms with Crippen LogP contribution in [0.2, 0.25) is 0 Å². The molecule has 0 spiro atoms. The lowest BCUT2D eigenvalue weighted by Crippen LogP contribution is -2.47. The summed E-state index contributed by atoms with van der Waals surface area (Å²) >= 11 is 0. The number of rotatable bonds is 7. The maximum atomic E-state index is 9.11. The van der Waals surface area contributed by atoms with Gasteiger partial charge >= 0.3 is 0 Å². The number of nitrogens with zero attached hydrogens (tertiary/aromatic N) is 5. The van der Waals surface area contributed by atoms with Gasteiger partial charge in [-0.25, -0.2) is 0 Å². The van der Waals surface area contributed by atoms with Crippen molar-refractivity contribution in [1.29, 1.82) is 0 Å². The zero-order valence-corrected chi connectivity index (χ0v) is 18.0. The average molecular weight is 421 g/mol. The minimum absolute atomic E-state index is 0.188. The minimum Gasteiger partial charge on any atom is -0.457 e. The Balaban J connectivity index is 1.40. The van der Waals surface area contributed by atoms with Crippen molar-refractivity contribution in [1.82, 2.24) is 19.9 Å². The Kier molecular flexibility index (Phi) is 6.59. The number of aliphatic hydroxyl groups is 1. The standard InChI is InChI=1S/C23H28N6O2/c1-17-3-7-20(8-4-17)31-21-9-5-19(6-10-21)26-22-24-18(2)25-23(27-22)29-13-11-28(12-14-29)15-16-30/h3-10,30H,11-16H2,1-2H3,(H,24,25,26,27). The third kappa shape index (κ3) is 5.68. The number of aromatic nitrogens is 3. The second-order valence-electron chi connectivity index (χ2n) is 7.62. The number of ether oxygens (including phenoxy) is 1. The van der Waals surface area contributed by atoms with Crippen molar-refractivity contribution in [2.75, 3.05) is 49.5 Å². The predicted octanol–water partition coefficient (Wildman–Crippen LogP) is 3.14. The molecule has 0 aliphatic carbocycles. The highest BCUT2D eigenvalue weighted by Crippen LogP contribution is 2.24. The minimum atomic E-state index is 0.188. The molecule has 2 heterocycles. The third-order valence-electron chi connectivity index (χ3n) is 5.17. The summed E-state index contributed by atoms with van der Waals surface area (Å²) in [5.74, 6) is 3.45. The lowest BCUT2D eigenvalue weighted by Gasteiger charge is -2.34. The molecule has 4 rings (SSSR count). The Labute approximate surface area is 182 Å². The highest BCUT2D eigenvalue weighted by Gasteiger charge is 2.19.